The molecule has 3 aromatic heterocycles. The Bertz CT molecular complexity index is 2300. The predicted molar refractivity (Wildman–Crippen MR) is 190 cm³/mol. The summed E-state index contributed by atoms with van der Waals surface area (Å²) in [6.07, 6.45) is 5.65. The van der Waals surface area contributed by atoms with Crippen molar-refractivity contribution in [3.8, 4) is 37.8 Å². The maximum absolute atomic E-state index is 2.56. The van der Waals surface area contributed by atoms with Crippen LogP contribution in [0.25, 0.3) is 59.6 Å². The molecule has 0 amide bonds. The summed E-state index contributed by atoms with van der Waals surface area (Å²) < 4.78 is 5.03. The molecule has 2 aliphatic rings. The number of fused-ring (bicyclic) bond motifs is 9. The van der Waals surface area contributed by atoms with E-state index in [2.05, 4.69) is 152 Å². The number of benzene rings is 4. The SMILES string of the molecule is CCC1(CC)Cc2cc(-c3ccc4c(c3)c3cc5c(cc3n4-c3ccccc3)C(C)(C)c3ccccc3-5)sc2-c2cccc[n+]21. The fraction of sp³-hybridized carbons (Fsp3) is 0.214. The molecule has 0 spiro atoms. The highest BCUT2D eigenvalue weighted by Crippen LogP contribution is 2.51. The largest absolute Gasteiger partial charge is 0.309 e. The number of pyridine rings is 1. The van der Waals surface area contributed by atoms with Crippen molar-refractivity contribution in [1.29, 1.82) is 0 Å². The van der Waals surface area contributed by atoms with Crippen LogP contribution in [-0.4, -0.2) is 4.57 Å². The fourth-order valence-corrected chi connectivity index (χ4v) is 9.66. The molecule has 4 heterocycles. The van der Waals surface area contributed by atoms with Crippen LogP contribution in [0.15, 0.2) is 115 Å². The molecule has 0 atom stereocenters. The molecule has 0 saturated heterocycles. The molecule has 0 bridgehead atoms. The van der Waals surface area contributed by atoms with Crippen molar-refractivity contribution >= 4 is 33.1 Å². The van der Waals surface area contributed by atoms with E-state index in [1.54, 1.807) is 0 Å². The monoisotopic (exact) mass is 601 g/mol. The molecule has 0 N–H and O–H groups in total. The van der Waals surface area contributed by atoms with E-state index in [-0.39, 0.29) is 11.0 Å². The minimum atomic E-state index is -0.0419. The van der Waals surface area contributed by atoms with Crippen LogP contribution in [0.3, 0.4) is 0 Å². The van der Waals surface area contributed by atoms with Crippen molar-refractivity contribution in [2.45, 2.75) is 57.9 Å². The highest BCUT2D eigenvalue weighted by atomic mass is 32.1. The normalized spacial score (nSPS) is 15.6. The topological polar surface area (TPSA) is 8.81 Å². The van der Waals surface area contributed by atoms with Crippen molar-refractivity contribution in [2.24, 2.45) is 0 Å². The molecular formula is C42H37N2S+. The lowest BCUT2D eigenvalue weighted by molar-refractivity contribution is -0.758. The molecule has 0 unspecified atom stereocenters. The summed E-state index contributed by atoms with van der Waals surface area (Å²) >= 11 is 1.95. The number of thiophene rings is 1. The fourth-order valence-electron chi connectivity index (χ4n) is 8.46. The Labute approximate surface area is 269 Å². The molecule has 0 radical (unpaired) electrons. The number of hydrogen-bond donors (Lipinski definition) is 0. The van der Waals surface area contributed by atoms with E-state index < -0.39 is 0 Å². The second-order valence-corrected chi connectivity index (χ2v) is 14.6. The zero-order valence-corrected chi connectivity index (χ0v) is 27.2. The highest BCUT2D eigenvalue weighted by Gasteiger charge is 2.44. The van der Waals surface area contributed by atoms with Crippen molar-refractivity contribution < 1.29 is 4.57 Å². The Morgan fingerprint density at radius 2 is 1.47 bits per heavy atom. The van der Waals surface area contributed by atoms with Crippen LogP contribution < -0.4 is 4.57 Å². The van der Waals surface area contributed by atoms with Crippen LogP contribution in [0.5, 0.6) is 0 Å². The van der Waals surface area contributed by atoms with Gasteiger partial charge in [0.25, 0.3) is 0 Å². The van der Waals surface area contributed by atoms with Gasteiger partial charge in [0.2, 0.25) is 5.69 Å². The van der Waals surface area contributed by atoms with E-state index in [1.807, 2.05) is 11.3 Å². The molecule has 1 aliphatic carbocycles. The molecule has 7 aromatic rings. The van der Waals surface area contributed by atoms with Gasteiger partial charge >= 0.3 is 0 Å². The first-order valence-electron chi connectivity index (χ1n) is 16.4. The number of para-hydroxylation sites is 1. The van der Waals surface area contributed by atoms with Gasteiger partial charge in [0.15, 0.2) is 11.7 Å². The van der Waals surface area contributed by atoms with Crippen LogP contribution in [0, 0.1) is 0 Å². The lowest BCUT2D eigenvalue weighted by atomic mass is 9.81. The lowest BCUT2D eigenvalue weighted by Gasteiger charge is -2.31. The first kappa shape index (κ1) is 26.9. The summed E-state index contributed by atoms with van der Waals surface area (Å²) in [6.45, 7) is 9.44. The van der Waals surface area contributed by atoms with Crippen molar-refractivity contribution in [3.05, 3.63) is 132 Å². The average molecular weight is 602 g/mol. The van der Waals surface area contributed by atoms with Crippen molar-refractivity contribution in [1.82, 2.24) is 4.57 Å². The highest BCUT2D eigenvalue weighted by molar-refractivity contribution is 7.19. The van der Waals surface area contributed by atoms with Gasteiger partial charge in [0.05, 0.1) is 11.0 Å². The van der Waals surface area contributed by atoms with Crippen LogP contribution in [0.1, 0.15) is 57.2 Å². The van der Waals surface area contributed by atoms with Gasteiger partial charge in [0.1, 0.15) is 4.88 Å². The third kappa shape index (κ3) is 3.65. The first-order valence-corrected chi connectivity index (χ1v) is 17.2. The van der Waals surface area contributed by atoms with E-state index in [0.717, 1.165) is 19.3 Å². The minimum absolute atomic E-state index is 0.0419. The summed E-state index contributed by atoms with van der Waals surface area (Å²) in [5, 5.41) is 2.63. The summed E-state index contributed by atoms with van der Waals surface area (Å²) in [5.74, 6) is 0. The molecule has 45 heavy (non-hydrogen) atoms. The van der Waals surface area contributed by atoms with Crippen LogP contribution in [0.4, 0.5) is 0 Å². The second kappa shape index (κ2) is 9.52. The molecule has 2 nitrogen and oxygen atoms in total. The van der Waals surface area contributed by atoms with Crippen molar-refractivity contribution in [3.63, 3.8) is 0 Å². The summed E-state index contributed by atoms with van der Waals surface area (Å²) in [7, 11) is 0. The minimum Gasteiger partial charge on any atom is -0.309 e. The third-order valence-electron chi connectivity index (χ3n) is 11.0. The van der Waals surface area contributed by atoms with E-state index in [9.17, 15) is 0 Å². The summed E-state index contributed by atoms with van der Waals surface area (Å²) in [4.78, 5) is 2.78. The van der Waals surface area contributed by atoms with E-state index in [0.29, 0.717) is 0 Å². The van der Waals surface area contributed by atoms with Gasteiger partial charge in [-0.25, -0.2) is 0 Å². The smallest absolute Gasteiger partial charge is 0.223 e. The van der Waals surface area contributed by atoms with Gasteiger partial charge in [-0.2, -0.15) is 4.57 Å². The molecule has 0 fully saturated rings. The maximum atomic E-state index is 2.56. The Morgan fingerprint density at radius 1 is 0.711 bits per heavy atom. The van der Waals surface area contributed by atoms with Crippen LogP contribution >= 0.6 is 11.3 Å². The molecule has 0 saturated carbocycles. The van der Waals surface area contributed by atoms with Crippen LogP contribution in [-0.2, 0) is 17.4 Å². The summed E-state index contributed by atoms with van der Waals surface area (Å²) in [6, 6.07) is 41.1. The number of hydrogen-bond acceptors (Lipinski definition) is 1. The van der Waals surface area contributed by atoms with E-state index in [4.69, 9.17) is 0 Å². The molecule has 220 valence electrons. The van der Waals surface area contributed by atoms with E-state index >= 15 is 0 Å². The molecule has 3 heteroatoms. The van der Waals surface area contributed by atoms with E-state index in [1.165, 1.54) is 76.3 Å². The predicted octanol–water partition coefficient (Wildman–Crippen LogP) is 10.8. The van der Waals surface area contributed by atoms with Gasteiger partial charge in [-0.3, -0.25) is 0 Å². The molecular weight excluding hydrogens is 565 g/mol. The Hall–Kier alpha value is -4.47. The molecule has 1 aliphatic heterocycles. The third-order valence-corrected chi connectivity index (χ3v) is 12.3. The quantitative estimate of drug-likeness (QED) is 0.178. The van der Waals surface area contributed by atoms with Crippen LogP contribution in [0.2, 0.25) is 0 Å². The Balaban J connectivity index is 1.28. The molecule has 9 rings (SSSR count). The number of aromatic nitrogens is 2. The van der Waals surface area contributed by atoms with Gasteiger partial charge in [-0.1, -0.05) is 76.2 Å². The average Bonchev–Trinajstić information content (AvgIpc) is 3.72. The number of nitrogens with zero attached hydrogens (tertiary/aromatic N) is 2. The first-order chi connectivity index (χ1) is 21.9. The maximum Gasteiger partial charge on any atom is 0.223 e. The number of rotatable bonds is 4. The Kier molecular flexibility index (Phi) is 5.69. The standard InChI is InChI=1S/C42H37N2S/c1-5-42(6-2)26-28-23-39(45-40(28)37-18-12-13-21-43(37)42)27-19-20-36-32(22-27)33-24-31-30-16-10-11-17-34(30)41(3,4)35(31)25-38(33)44(36)29-14-8-7-9-15-29/h7-25H,5-6,26H2,1-4H3/q+1. The van der Waals surface area contributed by atoms with Gasteiger partial charge in [0, 0.05) is 58.1 Å². The van der Waals surface area contributed by atoms with Gasteiger partial charge < -0.3 is 4.57 Å². The van der Waals surface area contributed by atoms with Gasteiger partial charge in [-0.15, -0.1) is 11.3 Å². The zero-order valence-electron chi connectivity index (χ0n) is 26.4. The lowest BCUT2D eigenvalue weighted by Crippen LogP contribution is -2.59. The molecule has 4 aromatic carbocycles. The summed E-state index contributed by atoms with van der Waals surface area (Å²) in [5.41, 5.74) is 13.6. The Morgan fingerprint density at radius 3 is 2.29 bits per heavy atom. The second-order valence-electron chi connectivity index (χ2n) is 13.5. The van der Waals surface area contributed by atoms with Crippen molar-refractivity contribution in [2.75, 3.05) is 0 Å². The van der Waals surface area contributed by atoms with Gasteiger partial charge in [-0.05, 0) is 81.9 Å². The zero-order chi connectivity index (χ0) is 30.5.